The lowest BCUT2D eigenvalue weighted by Crippen LogP contribution is -2.35. The van der Waals surface area contributed by atoms with E-state index in [0.717, 1.165) is 5.13 Å². The molecule has 0 spiro atoms. The molecule has 0 amide bonds. The Morgan fingerprint density at radius 2 is 2.55 bits per heavy atom. The largest absolute Gasteiger partial charge is 0.346 e. The summed E-state index contributed by atoms with van der Waals surface area (Å²) < 4.78 is 3.91. The molecule has 1 aromatic heterocycles. The number of anilines is 1. The molecule has 1 heterocycles. The van der Waals surface area contributed by atoms with E-state index in [1.807, 2.05) is 11.9 Å². The molecule has 0 fully saturated rings. The van der Waals surface area contributed by atoms with Gasteiger partial charge in [-0.05, 0) is 6.92 Å². The number of aromatic nitrogens is 2. The van der Waals surface area contributed by atoms with E-state index in [-0.39, 0.29) is 0 Å². The molecule has 2 N–H and O–H groups in total. The summed E-state index contributed by atoms with van der Waals surface area (Å²) in [6.07, 6.45) is 1.56. The van der Waals surface area contributed by atoms with E-state index in [2.05, 4.69) is 16.3 Å². The van der Waals surface area contributed by atoms with E-state index in [9.17, 15) is 0 Å². The standard InChI is InChI=1S/C6H12N4S/c1-5(3-7)10(2)6-8-4-9-11-6/h4-5H,3,7H2,1-2H3. The molecule has 0 aliphatic rings. The molecule has 11 heavy (non-hydrogen) atoms. The van der Waals surface area contributed by atoms with Crippen LogP contribution in [0, 0.1) is 0 Å². The number of nitrogens with zero attached hydrogens (tertiary/aromatic N) is 3. The van der Waals surface area contributed by atoms with Crippen molar-refractivity contribution in [2.24, 2.45) is 5.73 Å². The van der Waals surface area contributed by atoms with Crippen LogP contribution in [0.4, 0.5) is 5.13 Å². The molecular weight excluding hydrogens is 160 g/mol. The van der Waals surface area contributed by atoms with Crippen LogP contribution >= 0.6 is 11.5 Å². The number of rotatable bonds is 3. The summed E-state index contributed by atoms with van der Waals surface area (Å²) in [5.74, 6) is 0. The van der Waals surface area contributed by atoms with Crippen LogP contribution < -0.4 is 10.6 Å². The van der Waals surface area contributed by atoms with Crippen molar-refractivity contribution >= 4 is 16.7 Å². The minimum absolute atomic E-state index is 0.322. The van der Waals surface area contributed by atoms with Crippen LogP contribution in [0.25, 0.3) is 0 Å². The van der Waals surface area contributed by atoms with Gasteiger partial charge in [0.15, 0.2) is 0 Å². The topological polar surface area (TPSA) is 55.0 Å². The summed E-state index contributed by atoms with van der Waals surface area (Å²) >= 11 is 1.38. The maximum Gasteiger partial charge on any atom is 0.204 e. The second kappa shape index (κ2) is 3.64. The molecule has 1 rings (SSSR count). The van der Waals surface area contributed by atoms with Gasteiger partial charge < -0.3 is 10.6 Å². The van der Waals surface area contributed by atoms with Crippen LogP contribution in [0.15, 0.2) is 6.33 Å². The van der Waals surface area contributed by atoms with Gasteiger partial charge in [0.05, 0.1) is 0 Å². The molecule has 0 saturated heterocycles. The molecule has 62 valence electrons. The lowest BCUT2D eigenvalue weighted by atomic mass is 10.3. The van der Waals surface area contributed by atoms with Gasteiger partial charge in [-0.3, -0.25) is 0 Å². The predicted octanol–water partition coefficient (Wildman–Crippen LogP) is 0.322. The highest BCUT2D eigenvalue weighted by Crippen LogP contribution is 2.14. The van der Waals surface area contributed by atoms with Crippen molar-refractivity contribution in [3.05, 3.63) is 6.33 Å². The van der Waals surface area contributed by atoms with E-state index in [4.69, 9.17) is 5.73 Å². The highest BCUT2D eigenvalue weighted by atomic mass is 32.1. The first-order valence-corrected chi connectivity index (χ1v) is 4.22. The summed E-state index contributed by atoms with van der Waals surface area (Å²) in [6.45, 7) is 2.69. The molecular formula is C6H12N4S. The van der Waals surface area contributed by atoms with Gasteiger partial charge in [-0.15, -0.1) is 0 Å². The van der Waals surface area contributed by atoms with Crippen molar-refractivity contribution in [2.75, 3.05) is 18.5 Å². The first-order chi connectivity index (χ1) is 5.25. The van der Waals surface area contributed by atoms with Crippen molar-refractivity contribution in [2.45, 2.75) is 13.0 Å². The van der Waals surface area contributed by atoms with Gasteiger partial charge in [-0.25, -0.2) is 4.98 Å². The third kappa shape index (κ3) is 1.87. The quantitative estimate of drug-likeness (QED) is 0.713. The summed E-state index contributed by atoms with van der Waals surface area (Å²) in [7, 11) is 1.97. The van der Waals surface area contributed by atoms with Crippen LogP contribution in [0.1, 0.15) is 6.92 Å². The molecule has 4 nitrogen and oxygen atoms in total. The van der Waals surface area contributed by atoms with E-state index < -0.39 is 0 Å². The smallest absolute Gasteiger partial charge is 0.204 e. The van der Waals surface area contributed by atoms with Gasteiger partial charge in [0.2, 0.25) is 5.13 Å². The third-order valence-electron chi connectivity index (χ3n) is 1.65. The molecule has 0 aliphatic heterocycles. The lowest BCUT2D eigenvalue weighted by molar-refractivity contribution is 0.693. The van der Waals surface area contributed by atoms with Crippen molar-refractivity contribution in [1.82, 2.24) is 9.36 Å². The van der Waals surface area contributed by atoms with Crippen LogP contribution in [0.3, 0.4) is 0 Å². The van der Waals surface area contributed by atoms with E-state index in [1.54, 1.807) is 6.33 Å². The number of nitrogens with two attached hydrogens (primary N) is 1. The van der Waals surface area contributed by atoms with Gasteiger partial charge in [-0.1, -0.05) is 0 Å². The zero-order valence-electron chi connectivity index (χ0n) is 6.69. The first kappa shape index (κ1) is 8.42. The summed E-state index contributed by atoms with van der Waals surface area (Å²) in [4.78, 5) is 6.09. The summed E-state index contributed by atoms with van der Waals surface area (Å²) in [5, 5.41) is 0.919. The van der Waals surface area contributed by atoms with E-state index >= 15 is 0 Å². The summed E-state index contributed by atoms with van der Waals surface area (Å²) in [6, 6.07) is 0.322. The fourth-order valence-corrected chi connectivity index (χ4v) is 1.26. The monoisotopic (exact) mass is 172 g/mol. The third-order valence-corrected chi connectivity index (χ3v) is 2.41. The highest BCUT2D eigenvalue weighted by molar-refractivity contribution is 7.09. The highest BCUT2D eigenvalue weighted by Gasteiger charge is 2.09. The average molecular weight is 172 g/mol. The predicted molar refractivity (Wildman–Crippen MR) is 46.8 cm³/mol. The Balaban J connectivity index is 2.62. The van der Waals surface area contributed by atoms with Crippen LogP contribution in [-0.4, -0.2) is 29.0 Å². The van der Waals surface area contributed by atoms with Crippen LogP contribution in [0.5, 0.6) is 0 Å². The van der Waals surface area contributed by atoms with Crippen LogP contribution in [0.2, 0.25) is 0 Å². The summed E-state index contributed by atoms with van der Waals surface area (Å²) in [5.41, 5.74) is 5.49. The fraction of sp³-hybridized carbons (Fsp3) is 0.667. The van der Waals surface area contributed by atoms with Gasteiger partial charge >= 0.3 is 0 Å². The normalized spacial score (nSPS) is 13.0. The van der Waals surface area contributed by atoms with Gasteiger partial charge in [0.1, 0.15) is 6.33 Å². The number of hydrogen-bond acceptors (Lipinski definition) is 5. The zero-order valence-corrected chi connectivity index (χ0v) is 7.51. The minimum Gasteiger partial charge on any atom is -0.346 e. The first-order valence-electron chi connectivity index (χ1n) is 3.45. The molecule has 1 aromatic rings. The Labute approximate surface area is 70.2 Å². The van der Waals surface area contributed by atoms with E-state index in [0.29, 0.717) is 12.6 Å². The Morgan fingerprint density at radius 3 is 3.00 bits per heavy atom. The van der Waals surface area contributed by atoms with Gasteiger partial charge in [0.25, 0.3) is 0 Å². The maximum atomic E-state index is 5.49. The minimum atomic E-state index is 0.322. The van der Waals surface area contributed by atoms with Crippen molar-refractivity contribution in [1.29, 1.82) is 0 Å². The van der Waals surface area contributed by atoms with E-state index in [1.165, 1.54) is 11.5 Å². The maximum absolute atomic E-state index is 5.49. The molecule has 0 aliphatic carbocycles. The van der Waals surface area contributed by atoms with Gasteiger partial charge in [-0.2, -0.15) is 4.37 Å². The Kier molecular flexibility index (Phi) is 2.78. The fourth-order valence-electron chi connectivity index (χ4n) is 0.669. The molecule has 0 saturated carbocycles. The molecule has 0 radical (unpaired) electrons. The molecule has 1 atom stereocenters. The number of hydrogen-bond donors (Lipinski definition) is 1. The van der Waals surface area contributed by atoms with Crippen molar-refractivity contribution in [3.8, 4) is 0 Å². The second-order valence-corrected chi connectivity index (χ2v) is 3.18. The molecule has 1 unspecified atom stereocenters. The molecule has 5 heteroatoms. The second-order valence-electron chi connectivity index (χ2n) is 2.42. The Hall–Kier alpha value is -0.680. The molecule has 0 bridgehead atoms. The van der Waals surface area contributed by atoms with Crippen LogP contribution in [-0.2, 0) is 0 Å². The zero-order chi connectivity index (χ0) is 8.27. The van der Waals surface area contributed by atoms with Gasteiger partial charge in [0, 0.05) is 31.2 Å². The molecule has 0 aromatic carbocycles. The van der Waals surface area contributed by atoms with Crippen molar-refractivity contribution in [3.63, 3.8) is 0 Å². The Morgan fingerprint density at radius 1 is 1.82 bits per heavy atom. The Bertz CT molecular complexity index is 198. The lowest BCUT2D eigenvalue weighted by Gasteiger charge is -2.21. The number of likely N-dealkylation sites (N-methyl/N-ethyl adjacent to an activating group) is 1. The average Bonchev–Trinajstić information content (AvgIpc) is 2.53. The SMILES string of the molecule is CC(CN)N(C)c1ncns1. The van der Waals surface area contributed by atoms with Crippen molar-refractivity contribution < 1.29 is 0 Å².